The van der Waals surface area contributed by atoms with Gasteiger partial charge in [0.25, 0.3) is 0 Å². The average molecular weight is 269 g/mol. The first-order valence-electron chi connectivity index (χ1n) is 6.24. The van der Waals surface area contributed by atoms with Crippen molar-refractivity contribution >= 4 is 11.6 Å². The highest BCUT2D eigenvalue weighted by atomic mass is 16.5. The molecule has 0 aliphatic heterocycles. The molecule has 0 saturated carbocycles. The van der Waals surface area contributed by atoms with E-state index in [0.717, 1.165) is 12.8 Å². The molecule has 0 amide bonds. The minimum absolute atomic E-state index is 0.0506. The van der Waals surface area contributed by atoms with Crippen LogP contribution in [-0.4, -0.2) is 35.3 Å². The number of aromatic nitrogens is 2. The van der Waals surface area contributed by atoms with Crippen molar-refractivity contribution in [2.45, 2.75) is 26.7 Å². The van der Waals surface area contributed by atoms with Gasteiger partial charge in [-0.3, -0.25) is 0 Å². The molecule has 1 rings (SSSR count). The lowest BCUT2D eigenvalue weighted by atomic mass is 9.88. The summed E-state index contributed by atoms with van der Waals surface area (Å²) in [7, 11) is 1.54. The Labute approximate surface area is 113 Å². The number of aliphatic hydroxyl groups is 1. The number of nitrogens with two attached hydrogens (primary N) is 1. The zero-order valence-electron chi connectivity index (χ0n) is 11.7. The number of hydrogen-bond donors (Lipinski definition) is 4. The van der Waals surface area contributed by atoms with E-state index in [9.17, 15) is 0 Å². The average Bonchev–Trinajstić information content (AvgIpc) is 2.42. The van der Waals surface area contributed by atoms with Crippen molar-refractivity contribution in [3.63, 3.8) is 0 Å². The molecule has 1 aromatic rings. The van der Waals surface area contributed by atoms with Gasteiger partial charge in [-0.25, -0.2) is 15.8 Å². The van der Waals surface area contributed by atoms with E-state index in [4.69, 9.17) is 15.7 Å². The fourth-order valence-corrected chi connectivity index (χ4v) is 1.76. The third-order valence-electron chi connectivity index (χ3n) is 2.89. The number of methoxy groups -OCH3 is 1. The topological polar surface area (TPSA) is 105 Å². The number of anilines is 2. The van der Waals surface area contributed by atoms with Gasteiger partial charge in [0.15, 0.2) is 11.6 Å². The Balaban J connectivity index is 2.72. The van der Waals surface area contributed by atoms with Crippen LogP contribution in [0.2, 0.25) is 0 Å². The van der Waals surface area contributed by atoms with Crippen LogP contribution in [0, 0.1) is 5.41 Å². The summed E-state index contributed by atoms with van der Waals surface area (Å²) >= 11 is 0. The van der Waals surface area contributed by atoms with Gasteiger partial charge in [0.05, 0.1) is 7.11 Å². The number of rotatable bonds is 8. The number of hydrazine groups is 1. The lowest BCUT2D eigenvalue weighted by Gasteiger charge is -2.25. The largest absolute Gasteiger partial charge is 0.490 e. The number of hydrogen-bond acceptors (Lipinski definition) is 7. The van der Waals surface area contributed by atoms with E-state index in [2.05, 4.69) is 34.6 Å². The molecular formula is C12H23N5O2. The Bertz CT molecular complexity index is 398. The Hall–Kier alpha value is -1.60. The zero-order valence-corrected chi connectivity index (χ0v) is 11.7. The second kappa shape index (κ2) is 7.10. The molecule has 0 spiro atoms. The summed E-state index contributed by atoms with van der Waals surface area (Å²) in [6.07, 6.45) is 3.12. The van der Waals surface area contributed by atoms with Crippen LogP contribution in [0.3, 0.4) is 0 Å². The molecule has 1 heterocycles. The van der Waals surface area contributed by atoms with Gasteiger partial charge in [-0.05, 0) is 18.3 Å². The predicted octanol–water partition coefficient (Wildman–Crippen LogP) is 0.981. The van der Waals surface area contributed by atoms with Gasteiger partial charge in [0.2, 0.25) is 5.75 Å². The minimum atomic E-state index is 0.0506. The summed E-state index contributed by atoms with van der Waals surface area (Å²) in [5.41, 5.74) is 2.52. The van der Waals surface area contributed by atoms with Crippen molar-refractivity contribution in [3.05, 3.63) is 6.33 Å². The third kappa shape index (κ3) is 4.53. The maximum absolute atomic E-state index is 8.88. The molecule has 0 atom stereocenters. The summed E-state index contributed by atoms with van der Waals surface area (Å²) in [5, 5.41) is 12.1. The molecule has 0 aliphatic carbocycles. The predicted molar refractivity (Wildman–Crippen MR) is 75.0 cm³/mol. The SMILES string of the molecule is COc1c(NN)ncnc1NCC(C)(C)CCCO. The molecular weight excluding hydrogens is 246 g/mol. The van der Waals surface area contributed by atoms with Crippen molar-refractivity contribution in [2.24, 2.45) is 11.3 Å². The Morgan fingerprint density at radius 3 is 2.63 bits per heavy atom. The van der Waals surface area contributed by atoms with Crippen LogP contribution in [-0.2, 0) is 0 Å². The van der Waals surface area contributed by atoms with E-state index < -0.39 is 0 Å². The van der Waals surface area contributed by atoms with Gasteiger partial charge in [-0.1, -0.05) is 13.8 Å². The standard InChI is InChI=1S/C12H23N5O2/c1-12(2,5-4-6-18)7-14-10-9(19-3)11(17-13)16-8-15-10/h8,18H,4-7,13H2,1-3H3,(H2,14,15,16,17). The second-order valence-electron chi connectivity index (χ2n) is 5.09. The lowest BCUT2D eigenvalue weighted by Crippen LogP contribution is -2.24. The first-order chi connectivity index (χ1) is 9.04. The summed E-state index contributed by atoms with van der Waals surface area (Å²) < 4.78 is 5.24. The van der Waals surface area contributed by atoms with Crippen LogP contribution >= 0.6 is 0 Å². The van der Waals surface area contributed by atoms with Gasteiger partial charge in [0.1, 0.15) is 6.33 Å². The van der Waals surface area contributed by atoms with Crippen molar-refractivity contribution < 1.29 is 9.84 Å². The molecule has 19 heavy (non-hydrogen) atoms. The van der Waals surface area contributed by atoms with E-state index in [1.807, 2.05) is 0 Å². The van der Waals surface area contributed by atoms with Gasteiger partial charge < -0.3 is 20.6 Å². The summed E-state index contributed by atoms with van der Waals surface area (Å²) in [6.45, 7) is 5.18. The van der Waals surface area contributed by atoms with Crippen LogP contribution in [0.1, 0.15) is 26.7 Å². The fraction of sp³-hybridized carbons (Fsp3) is 0.667. The fourth-order valence-electron chi connectivity index (χ4n) is 1.76. The molecule has 0 fully saturated rings. The highest BCUT2D eigenvalue weighted by molar-refractivity contribution is 5.63. The smallest absolute Gasteiger partial charge is 0.205 e. The first-order valence-corrected chi connectivity index (χ1v) is 6.24. The molecule has 0 aromatic carbocycles. The maximum atomic E-state index is 8.88. The monoisotopic (exact) mass is 269 g/mol. The van der Waals surface area contributed by atoms with E-state index in [-0.39, 0.29) is 12.0 Å². The molecule has 5 N–H and O–H groups in total. The quantitative estimate of drug-likeness (QED) is 0.412. The zero-order chi connectivity index (χ0) is 14.3. The molecule has 1 aromatic heterocycles. The lowest BCUT2D eigenvalue weighted by molar-refractivity contribution is 0.247. The molecule has 0 unspecified atom stereocenters. The van der Waals surface area contributed by atoms with Crippen molar-refractivity contribution in [1.82, 2.24) is 9.97 Å². The number of aliphatic hydroxyl groups excluding tert-OH is 1. The normalized spacial score (nSPS) is 11.2. The van der Waals surface area contributed by atoms with Gasteiger partial charge in [-0.15, -0.1) is 0 Å². The molecule has 0 saturated heterocycles. The third-order valence-corrected chi connectivity index (χ3v) is 2.89. The first kappa shape index (κ1) is 15.5. The van der Waals surface area contributed by atoms with Crippen LogP contribution in [0.15, 0.2) is 6.33 Å². The molecule has 108 valence electrons. The Kier molecular flexibility index (Phi) is 5.78. The van der Waals surface area contributed by atoms with E-state index in [1.54, 1.807) is 7.11 Å². The number of ether oxygens (including phenoxy) is 1. The summed E-state index contributed by atoms with van der Waals surface area (Å²) in [5.74, 6) is 6.89. The van der Waals surface area contributed by atoms with Crippen LogP contribution in [0.5, 0.6) is 5.75 Å². The summed E-state index contributed by atoms with van der Waals surface area (Å²) in [6, 6.07) is 0. The Morgan fingerprint density at radius 1 is 1.37 bits per heavy atom. The molecule has 0 radical (unpaired) electrons. The Morgan fingerprint density at radius 2 is 2.05 bits per heavy atom. The van der Waals surface area contributed by atoms with Crippen molar-refractivity contribution in [1.29, 1.82) is 0 Å². The van der Waals surface area contributed by atoms with Crippen molar-refractivity contribution in [2.75, 3.05) is 31.0 Å². The minimum Gasteiger partial charge on any atom is -0.490 e. The van der Waals surface area contributed by atoms with Gasteiger partial charge in [0, 0.05) is 13.2 Å². The highest BCUT2D eigenvalue weighted by Gasteiger charge is 2.19. The van der Waals surface area contributed by atoms with Crippen LogP contribution in [0.25, 0.3) is 0 Å². The van der Waals surface area contributed by atoms with Gasteiger partial charge >= 0.3 is 0 Å². The number of nitrogens with zero attached hydrogens (tertiary/aromatic N) is 2. The second-order valence-corrected chi connectivity index (χ2v) is 5.09. The van der Waals surface area contributed by atoms with E-state index in [0.29, 0.717) is 23.9 Å². The van der Waals surface area contributed by atoms with Gasteiger partial charge in [-0.2, -0.15) is 0 Å². The highest BCUT2D eigenvalue weighted by Crippen LogP contribution is 2.30. The number of nitrogens with one attached hydrogen (secondary N) is 2. The molecule has 0 aliphatic rings. The maximum Gasteiger partial charge on any atom is 0.205 e. The van der Waals surface area contributed by atoms with Crippen LogP contribution < -0.4 is 21.3 Å². The molecule has 7 nitrogen and oxygen atoms in total. The summed E-state index contributed by atoms with van der Waals surface area (Å²) in [4.78, 5) is 8.13. The van der Waals surface area contributed by atoms with Crippen molar-refractivity contribution in [3.8, 4) is 5.75 Å². The van der Waals surface area contributed by atoms with Crippen LogP contribution in [0.4, 0.5) is 11.6 Å². The number of nitrogen functional groups attached to an aromatic ring is 1. The van der Waals surface area contributed by atoms with E-state index in [1.165, 1.54) is 6.33 Å². The molecule has 0 bridgehead atoms. The molecule has 7 heteroatoms. The van der Waals surface area contributed by atoms with E-state index >= 15 is 0 Å².